The zero-order valence-corrected chi connectivity index (χ0v) is 22.1. The van der Waals surface area contributed by atoms with Crippen molar-refractivity contribution in [2.24, 2.45) is 0 Å². The summed E-state index contributed by atoms with van der Waals surface area (Å²) in [4.78, 5) is 38.7. The summed E-state index contributed by atoms with van der Waals surface area (Å²) in [5.74, 6) is -0.0639. The smallest absolute Gasteiger partial charge is 0.282 e. The van der Waals surface area contributed by atoms with Crippen LogP contribution in [0.3, 0.4) is 0 Å². The first kappa shape index (κ1) is 25.0. The van der Waals surface area contributed by atoms with E-state index in [-0.39, 0.29) is 17.3 Å². The predicted molar refractivity (Wildman–Crippen MR) is 148 cm³/mol. The molecule has 2 atom stereocenters. The number of hydrogen-bond donors (Lipinski definition) is 1. The summed E-state index contributed by atoms with van der Waals surface area (Å²) in [7, 11) is 1.54. The van der Waals surface area contributed by atoms with Crippen LogP contribution in [0.2, 0.25) is 0 Å². The first-order chi connectivity index (χ1) is 18.6. The van der Waals surface area contributed by atoms with Crippen molar-refractivity contribution in [3.8, 4) is 5.88 Å². The molecule has 0 radical (unpaired) electrons. The number of nitrogens with zero attached hydrogens (tertiary/aromatic N) is 4. The highest BCUT2D eigenvalue weighted by atomic mass is 16.5. The maximum Gasteiger partial charge on any atom is 0.282 e. The standard InChI is InChI=1S/C30H37N5O3/c1-38-27-16-13-20(19-31-27)32-29(36)28-30(37)35(26-12-8-7-11-25(26)33-28)24-17-22-14-15-23(18-24)34(22)21-9-5-3-2-4-6-10-21/h7-8,11-13,16,19,21-24H,2-6,9-10,14-15,17-18H2,1H3,(H,32,36). The number of carbonyl (C=O) groups is 1. The van der Waals surface area contributed by atoms with E-state index in [0.29, 0.717) is 35.2 Å². The first-order valence-electron chi connectivity index (χ1n) is 14.2. The molecule has 1 aromatic carbocycles. The summed E-state index contributed by atoms with van der Waals surface area (Å²) in [5.41, 5.74) is 1.58. The molecule has 2 aromatic heterocycles. The average Bonchev–Trinajstić information content (AvgIpc) is 3.17. The second kappa shape index (κ2) is 10.8. The highest BCUT2D eigenvalue weighted by molar-refractivity contribution is 6.03. The Balaban J connectivity index is 1.30. The van der Waals surface area contributed by atoms with Gasteiger partial charge < -0.3 is 14.6 Å². The van der Waals surface area contributed by atoms with Gasteiger partial charge in [0.2, 0.25) is 5.88 Å². The number of amides is 1. The number of rotatable bonds is 5. The lowest BCUT2D eigenvalue weighted by molar-refractivity contribution is 0.0497. The Bertz CT molecular complexity index is 1330. The Morgan fingerprint density at radius 1 is 0.895 bits per heavy atom. The van der Waals surface area contributed by atoms with Crippen LogP contribution in [0.5, 0.6) is 5.88 Å². The SMILES string of the molecule is COc1ccc(NC(=O)c2nc3ccccc3n(C3CC4CCC(C3)N4C3CCCCCCC3)c2=O)cn1. The molecule has 1 saturated carbocycles. The van der Waals surface area contributed by atoms with Crippen molar-refractivity contribution >= 4 is 22.6 Å². The number of nitrogens with one attached hydrogen (secondary N) is 1. The molecule has 1 N–H and O–H groups in total. The van der Waals surface area contributed by atoms with Gasteiger partial charge in [-0.25, -0.2) is 9.97 Å². The molecule has 1 amide bonds. The van der Waals surface area contributed by atoms with Crippen molar-refractivity contribution in [3.05, 3.63) is 58.6 Å². The number of pyridine rings is 1. The fourth-order valence-corrected chi connectivity index (χ4v) is 7.15. The van der Waals surface area contributed by atoms with E-state index in [1.54, 1.807) is 12.1 Å². The monoisotopic (exact) mass is 515 g/mol. The number of aromatic nitrogens is 3. The number of piperidine rings is 1. The second-order valence-electron chi connectivity index (χ2n) is 11.1. The van der Waals surface area contributed by atoms with Gasteiger partial charge in [-0.3, -0.25) is 14.5 Å². The third-order valence-electron chi connectivity index (χ3n) is 8.84. The normalized spacial score (nSPS) is 24.6. The summed E-state index contributed by atoms with van der Waals surface area (Å²) in [6, 6.07) is 12.8. The molecule has 6 rings (SSSR count). The number of carbonyl (C=O) groups excluding carboxylic acids is 1. The number of methoxy groups -OCH3 is 1. The van der Waals surface area contributed by atoms with Crippen LogP contribution < -0.4 is 15.6 Å². The van der Waals surface area contributed by atoms with E-state index in [1.165, 1.54) is 71.1 Å². The maximum atomic E-state index is 13.9. The van der Waals surface area contributed by atoms with E-state index in [0.717, 1.165) is 18.4 Å². The van der Waals surface area contributed by atoms with Crippen LogP contribution in [0.25, 0.3) is 11.0 Å². The minimum Gasteiger partial charge on any atom is -0.481 e. The first-order valence-corrected chi connectivity index (χ1v) is 14.2. The average molecular weight is 516 g/mol. The Kier molecular flexibility index (Phi) is 7.15. The molecule has 2 bridgehead atoms. The molecule has 3 aliphatic rings. The molecule has 4 heterocycles. The molecular formula is C30H37N5O3. The second-order valence-corrected chi connectivity index (χ2v) is 11.1. The maximum absolute atomic E-state index is 13.9. The largest absolute Gasteiger partial charge is 0.481 e. The number of benzene rings is 1. The molecule has 1 aliphatic carbocycles. The van der Waals surface area contributed by atoms with Gasteiger partial charge in [-0.1, -0.05) is 44.2 Å². The van der Waals surface area contributed by atoms with Crippen molar-refractivity contribution in [2.75, 3.05) is 12.4 Å². The number of hydrogen-bond acceptors (Lipinski definition) is 6. The number of fused-ring (bicyclic) bond motifs is 3. The quantitative estimate of drug-likeness (QED) is 0.494. The fourth-order valence-electron chi connectivity index (χ4n) is 7.15. The van der Waals surface area contributed by atoms with Gasteiger partial charge in [-0.05, 0) is 56.7 Å². The van der Waals surface area contributed by atoms with Crippen LogP contribution in [0.15, 0.2) is 47.4 Å². The van der Waals surface area contributed by atoms with Gasteiger partial charge in [0.15, 0.2) is 5.69 Å². The number of anilines is 1. The zero-order valence-electron chi connectivity index (χ0n) is 22.1. The van der Waals surface area contributed by atoms with E-state index in [2.05, 4.69) is 20.2 Å². The summed E-state index contributed by atoms with van der Waals surface area (Å²) in [6.07, 6.45) is 15.2. The fraction of sp³-hybridized carbons (Fsp3) is 0.533. The third-order valence-corrected chi connectivity index (χ3v) is 8.84. The molecule has 200 valence electrons. The minimum absolute atomic E-state index is 0.0620. The Hall–Kier alpha value is -3.26. The third kappa shape index (κ3) is 4.82. The van der Waals surface area contributed by atoms with Gasteiger partial charge in [0.1, 0.15) is 0 Å². The van der Waals surface area contributed by atoms with Crippen LogP contribution in [0.4, 0.5) is 5.69 Å². The minimum atomic E-state index is -0.517. The summed E-state index contributed by atoms with van der Waals surface area (Å²) >= 11 is 0. The summed E-state index contributed by atoms with van der Waals surface area (Å²) < 4.78 is 6.98. The van der Waals surface area contributed by atoms with Crippen LogP contribution >= 0.6 is 0 Å². The molecule has 2 aliphatic heterocycles. The van der Waals surface area contributed by atoms with Crippen molar-refractivity contribution in [1.29, 1.82) is 0 Å². The van der Waals surface area contributed by atoms with Crippen molar-refractivity contribution in [1.82, 2.24) is 19.4 Å². The molecule has 0 spiro atoms. The van der Waals surface area contributed by atoms with E-state index < -0.39 is 5.91 Å². The molecule has 8 heteroatoms. The lowest BCUT2D eigenvalue weighted by atomic mass is 9.89. The molecule has 2 saturated heterocycles. The number of para-hydroxylation sites is 2. The van der Waals surface area contributed by atoms with Gasteiger partial charge >= 0.3 is 0 Å². The van der Waals surface area contributed by atoms with E-state index in [9.17, 15) is 9.59 Å². The molecule has 3 aromatic rings. The number of ether oxygens (including phenoxy) is 1. The van der Waals surface area contributed by atoms with Gasteiger partial charge in [-0.15, -0.1) is 0 Å². The predicted octanol–water partition coefficient (Wildman–Crippen LogP) is 5.33. The molecular weight excluding hydrogens is 478 g/mol. The van der Waals surface area contributed by atoms with Crippen LogP contribution in [-0.4, -0.2) is 50.6 Å². The van der Waals surface area contributed by atoms with Gasteiger partial charge in [-0.2, -0.15) is 0 Å². The zero-order chi connectivity index (χ0) is 26.1. The van der Waals surface area contributed by atoms with E-state index in [4.69, 9.17) is 4.74 Å². The molecule has 2 unspecified atom stereocenters. The van der Waals surface area contributed by atoms with Crippen LogP contribution in [-0.2, 0) is 0 Å². The summed E-state index contributed by atoms with van der Waals surface area (Å²) in [5, 5.41) is 2.80. The highest BCUT2D eigenvalue weighted by Crippen LogP contribution is 2.44. The molecule has 8 nitrogen and oxygen atoms in total. The molecule has 3 fully saturated rings. The van der Waals surface area contributed by atoms with Gasteiger partial charge in [0.25, 0.3) is 11.5 Å². The van der Waals surface area contributed by atoms with Crippen molar-refractivity contribution < 1.29 is 9.53 Å². The van der Waals surface area contributed by atoms with Gasteiger partial charge in [0.05, 0.1) is 30.0 Å². The highest BCUT2D eigenvalue weighted by Gasteiger charge is 2.44. The Morgan fingerprint density at radius 2 is 1.61 bits per heavy atom. The summed E-state index contributed by atoms with van der Waals surface area (Å²) in [6.45, 7) is 0. The lowest BCUT2D eigenvalue weighted by Gasteiger charge is -2.45. The topological polar surface area (TPSA) is 89.4 Å². The van der Waals surface area contributed by atoms with Crippen LogP contribution in [0, 0.1) is 0 Å². The van der Waals surface area contributed by atoms with Gasteiger partial charge in [0, 0.05) is 30.2 Å². The van der Waals surface area contributed by atoms with Crippen molar-refractivity contribution in [2.45, 2.75) is 94.8 Å². The Morgan fingerprint density at radius 3 is 2.29 bits per heavy atom. The van der Waals surface area contributed by atoms with Crippen molar-refractivity contribution in [3.63, 3.8) is 0 Å². The Labute approximate surface area is 223 Å². The van der Waals surface area contributed by atoms with E-state index in [1.807, 2.05) is 28.8 Å². The van der Waals surface area contributed by atoms with E-state index >= 15 is 0 Å². The van der Waals surface area contributed by atoms with Crippen LogP contribution in [0.1, 0.15) is 87.2 Å². The molecule has 38 heavy (non-hydrogen) atoms. The lowest BCUT2D eigenvalue weighted by Crippen LogP contribution is -2.50.